The number of carbonyl (C=O) groups excluding carboxylic acids is 3. The number of likely N-dealkylation sites (tertiary alicyclic amines) is 1. The van der Waals surface area contributed by atoms with E-state index in [2.05, 4.69) is 0 Å². The number of ether oxygens (including phenoxy) is 1. The molecule has 1 saturated carbocycles. The first kappa shape index (κ1) is 25.3. The normalized spacial score (nSPS) is 22.5. The number of urea groups is 1. The zero-order valence-corrected chi connectivity index (χ0v) is 19.1. The van der Waals surface area contributed by atoms with Crippen molar-refractivity contribution in [2.45, 2.75) is 70.1 Å². The van der Waals surface area contributed by atoms with Crippen molar-refractivity contribution in [1.82, 2.24) is 10.2 Å². The van der Waals surface area contributed by atoms with Crippen LogP contribution in [0, 0.1) is 11.8 Å². The summed E-state index contributed by atoms with van der Waals surface area (Å²) in [5.41, 5.74) is 0.843. The van der Waals surface area contributed by atoms with Crippen LogP contribution in [0.5, 0.6) is 0 Å². The van der Waals surface area contributed by atoms with Gasteiger partial charge in [-0.3, -0.25) is 4.79 Å². The number of aryl methyl sites for hydroxylation is 1. The zero-order valence-electron chi connectivity index (χ0n) is 18.4. The van der Waals surface area contributed by atoms with E-state index < -0.39 is 48.0 Å². The molecule has 10 heteroatoms. The Balaban J connectivity index is 1.73. The molecule has 33 heavy (non-hydrogen) atoms. The van der Waals surface area contributed by atoms with Crippen LogP contribution in [0.2, 0.25) is 5.02 Å². The zero-order chi connectivity index (χ0) is 24.2. The molecule has 0 aromatic heterocycles. The standard InChI is InChI=1S/C23H28ClF3N2O4/c1-2-33-21(31)18-17(12-11-14-7-6-10-16(24)13-14)20(30)29(18)22(32)28-19(23(25,26)27)15-8-4-3-5-9-15/h6-7,10,13,15,17-19H,2-5,8-9,11-12H2,1H3,(H,28,32)/t17?,18-,19-/m0/s1. The lowest BCUT2D eigenvalue weighted by molar-refractivity contribution is -0.174. The third-order valence-corrected chi connectivity index (χ3v) is 6.58. The molecule has 0 bridgehead atoms. The predicted molar refractivity (Wildman–Crippen MR) is 115 cm³/mol. The van der Waals surface area contributed by atoms with Gasteiger partial charge in [0.2, 0.25) is 5.91 Å². The van der Waals surface area contributed by atoms with E-state index in [9.17, 15) is 27.6 Å². The second-order valence-corrected chi connectivity index (χ2v) is 8.98. The van der Waals surface area contributed by atoms with E-state index in [1.807, 2.05) is 11.4 Å². The summed E-state index contributed by atoms with van der Waals surface area (Å²) < 4.78 is 46.2. The molecule has 1 aliphatic carbocycles. The van der Waals surface area contributed by atoms with Crippen molar-refractivity contribution in [3.8, 4) is 0 Å². The average Bonchev–Trinajstić information content (AvgIpc) is 2.75. The first-order valence-corrected chi connectivity index (χ1v) is 11.6. The van der Waals surface area contributed by atoms with Crippen molar-refractivity contribution in [2.75, 3.05) is 6.61 Å². The highest BCUT2D eigenvalue weighted by Crippen LogP contribution is 2.36. The van der Waals surface area contributed by atoms with Crippen molar-refractivity contribution < 1.29 is 32.3 Å². The maximum Gasteiger partial charge on any atom is 0.408 e. The molecule has 1 saturated heterocycles. The number of imide groups is 1. The van der Waals surface area contributed by atoms with E-state index in [0.29, 0.717) is 42.0 Å². The number of rotatable bonds is 7. The Morgan fingerprint density at radius 2 is 1.94 bits per heavy atom. The number of nitrogens with one attached hydrogen (secondary N) is 1. The minimum Gasteiger partial charge on any atom is -0.464 e. The van der Waals surface area contributed by atoms with Gasteiger partial charge in [0.25, 0.3) is 0 Å². The first-order chi connectivity index (χ1) is 15.6. The molecular formula is C23H28ClF3N2O4. The monoisotopic (exact) mass is 488 g/mol. The van der Waals surface area contributed by atoms with Gasteiger partial charge >= 0.3 is 18.2 Å². The Labute approximate surface area is 195 Å². The molecule has 182 valence electrons. The molecule has 2 aliphatic rings. The fraction of sp³-hybridized carbons (Fsp3) is 0.609. The fourth-order valence-electron chi connectivity index (χ4n) is 4.71. The maximum atomic E-state index is 13.7. The lowest BCUT2D eigenvalue weighted by Gasteiger charge is -2.44. The molecule has 1 aromatic rings. The second-order valence-electron chi connectivity index (χ2n) is 8.55. The van der Waals surface area contributed by atoms with E-state index in [-0.39, 0.29) is 13.0 Å². The van der Waals surface area contributed by atoms with Crippen molar-refractivity contribution >= 4 is 29.5 Å². The van der Waals surface area contributed by atoms with E-state index in [0.717, 1.165) is 12.0 Å². The Hall–Kier alpha value is -2.29. The molecule has 3 rings (SSSR count). The number of nitrogens with zero attached hydrogens (tertiary/aromatic N) is 1. The van der Waals surface area contributed by atoms with Crippen molar-refractivity contribution in [3.05, 3.63) is 34.9 Å². The summed E-state index contributed by atoms with van der Waals surface area (Å²) in [4.78, 5) is 38.6. The average molecular weight is 489 g/mol. The molecule has 6 nitrogen and oxygen atoms in total. The van der Waals surface area contributed by atoms with Crippen LogP contribution in [0.4, 0.5) is 18.0 Å². The Morgan fingerprint density at radius 3 is 2.55 bits per heavy atom. The number of hydrogen-bond acceptors (Lipinski definition) is 4. The van der Waals surface area contributed by atoms with Crippen LogP contribution in [0.15, 0.2) is 24.3 Å². The van der Waals surface area contributed by atoms with Crippen LogP contribution in [0.25, 0.3) is 0 Å². The minimum atomic E-state index is -4.66. The number of benzene rings is 1. The highest BCUT2D eigenvalue weighted by molar-refractivity contribution is 6.30. The molecule has 0 spiro atoms. The summed E-state index contributed by atoms with van der Waals surface area (Å²) in [6.07, 6.45) is -1.13. The van der Waals surface area contributed by atoms with E-state index in [4.69, 9.17) is 16.3 Å². The fourth-order valence-corrected chi connectivity index (χ4v) is 4.92. The third kappa shape index (κ3) is 5.99. The van der Waals surface area contributed by atoms with Gasteiger partial charge in [-0.25, -0.2) is 14.5 Å². The van der Waals surface area contributed by atoms with Gasteiger partial charge in [0.1, 0.15) is 6.04 Å². The first-order valence-electron chi connectivity index (χ1n) is 11.2. The van der Waals surface area contributed by atoms with E-state index >= 15 is 0 Å². The minimum absolute atomic E-state index is 0.0211. The number of alkyl halides is 3. The topological polar surface area (TPSA) is 75.7 Å². The van der Waals surface area contributed by atoms with Crippen LogP contribution in [-0.4, -0.2) is 47.7 Å². The van der Waals surface area contributed by atoms with Gasteiger partial charge in [0, 0.05) is 5.02 Å². The lowest BCUT2D eigenvalue weighted by Crippen LogP contribution is -2.70. The van der Waals surface area contributed by atoms with Gasteiger partial charge in [-0.05, 0) is 56.2 Å². The van der Waals surface area contributed by atoms with Crippen molar-refractivity contribution in [1.29, 1.82) is 0 Å². The summed E-state index contributed by atoms with van der Waals surface area (Å²) in [6, 6.07) is 2.49. The predicted octanol–water partition coefficient (Wildman–Crippen LogP) is 4.88. The van der Waals surface area contributed by atoms with Gasteiger partial charge in [0.15, 0.2) is 6.04 Å². The number of hydrogen-bond donors (Lipinski definition) is 1. The second kappa shape index (κ2) is 10.8. The summed E-state index contributed by atoms with van der Waals surface area (Å²) in [7, 11) is 0. The molecule has 1 aliphatic heterocycles. The lowest BCUT2D eigenvalue weighted by atomic mass is 9.82. The van der Waals surface area contributed by atoms with Crippen molar-refractivity contribution in [3.63, 3.8) is 0 Å². The molecule has 1 aromatic carbocycles. The molecule has 1 unspecified atom stereocenters. The van der Waals surface area contributed by atoms with Crippen LogP contribution in [0.1, 0.15) is 51.0 Å². The largest absolute Gasteiger partial charge is 0.464 e. The summed E-state index contributed by atoms with van der Waals surface area (Å²) >= 11 is 5.98. The van der Waals surface area contributed by atoms with E-state index in [1.165, 1.54) is 0 Å². The highest BCUT2D eigenvalue weighted by Gasteiger charge is 2.56. The number of esters is 1. The molecular weight excluding hydrogens is 461 g/mol. The van der Waals surface area contributed by atoms with Gasteiger partial charge in [-0.2, -0.15) is 13.2 Å². The highest BCUT2D eigenvalue weighted by atomic mass is 35.5. The SMILES string of the molecule is CCOC(=O)[C@@H]1C(CCc2cccc(Cl)c2)C(=O)N1C(=O)N[C@@H](C1CCCCC1)C(F)(F)F. The molecule has 3 amide bonds. The van der Waals surface area contributed by atoms with Gasteiger partial charge in [-0.15, -0.1) is 0 Å². The smallest absolute Gasteiger partial charge is 0.408 e. The molecule has 1 heterocycles. The summed E-state index contributed by atoms with van der Waals surface area (Å²) in [6.45, 7) is 1.60. The molecule has 0 radical (unpaired) electrons. The number of β-lactam (4-membered cyclic amide) rings is 1. The summed E-state index contributed by atoms with van der Waals surface area (Å²) in [5, 5.41) is 2.53. The summed E-state index contributed by atoms with van der Waals surface area (Å²) in [5.74, 6) is -3.09. The quantitative estimate of drug-likeness (QED) is 0.438. The number of halogens is 4. The van der Waals surface area contributed by atoms with E-state index in [1.54, 1.807) is 25.1 Å². The third-order valence-electron chi connectivity index (χ3n) is 6.35. The van der Waals surface area contributed by atoms with Crippen LogP contribution < -0.4 is 5.32 Å². The Bertz CT molecular complexity index is 874. The van der Waals surface area contributed by atoms with Crippen molar-refractivity contribution in [2.24, 2.45) is 11.8 Å². The Morgan fingerprint density at radius 1 is 1.24 bits per heavy atom. The molecule has 3 atom stereocenters. The Kier molecular flexibility index (Phi) is 8.26. The van der Waals surface area contributed by atoms with Crippen LogP contribution in [0.3, 0.4) is 0 Å². The van der Waals surface area contributed by atoms with Gasteiger partial charge in [0.05, 0.1) is 12.5 Å². The number of carbonyl (C=O) groups is 3. The van der Waals surface area contributed by atoms with Gasteiger partial charge in [-0.1, -0.05) is 43.0 Å². The van der Waals surface area contributed by atoms with Crippen LogP contribution >= 0.6 is 11.6 Å². The maximum absolute atomic E-state index is 13.7. The number of amides is 3. The molecule has 2 fully saturated rings. The van der Waals surface area contributed by atoms with Crippen LogP contribution in [-0.2, 0) is 20.7 Å². The molecule has 1 N–H and O–H groups in total. The van der Waals surface area contributed by atoms with Gasteiger partial charge < -0.3 is 10.1 Å².